The summed E-state index contributed by atoms with van der Waals surface area (Å²) in [6.45, 7) is 0. The number of halogens is 3. The highest BCUT2D eigenvalue weighted by Crippen LogP contribution is 2.33. The molecule has 0 saturated heterocycles. The van der Waals surface area contributed by atoms with Crippen LogP contribution in [-0.4, -0.2) is 11.1 Å². The second-order valence-electron chi connectivity index (χ2n) is 4.18. The van der Waals surface area contributed by atoms with Crippen molar-refractivity contribution in [3.8, 4) is 23.0 Å². The minimum atomic E-state index is -4.51. The van der Waals surface area contributed by atoms with Crippen LogP contribution < -0.4 is 0 Å². The largest absolute Gasteiger partial charge is 0.472 e. The van der Waals surface area contributed by atoms with E-state index in [-0.39, 0.29) is 5.56 Å². The number of aliphatic carboxylic acids is 1. The number of rotatable bonds is 1. The van der Waals surface area contributed by atoms with Crippen LogP contribution in [0.5, 0.6) is 0 Å². The smallest absolute Gasteiger partial charge is 0.416 e. The zero-order valence-electron chi connectivity index (χ0n) is 10.6. The van der Waals surface area contributed by atoms with Crippen LogP contribution in [0.15, 0.2) is 48.5 Å². The molecule has 2 aromatic carbocycles. The maximum absolute atomic E-state index is 12.7. The van der Waals surface area contributed by atoms with E-state index in [0.717, 1.165) is 12.1 Å². The van der Waals surface area contributed by atoms with Gasteiger partial charge in [-0.15, -0.1) is 0 Å². The zero-order valence-corrected chi connectivity index (χ0v) is 10.6. The molecule has 0 unspecified atom stereocenters. The summed E-state index contributed by atoms with van der Waals surface area (Å²) in [6, 6.07) is 11.8. The van der Waals surface area contributed by atoms with E-state index in [1.807, 2.05) is 5.92 Å². The highest BCUT2D eigenvalue weighted by molar-refractivity contribution is 5.88. The van der Waals surface area contributed by atoms with E-state index in [1.165, 1.54) is 6.07 Å². The first-order valence-corrected chi connectivity index (χ1v) is 5.89. The van der Waals surface area contributed by atoms with Crippen molar-refractivity contribution in [1.29, 1.82) is 0 Å². The van der Waals surface area contributed by atoms with Gasteiger partial charge in [-0.3, -0.25) is 0 Å². The quantitative estimate of drug-likeness (QED) is 0.811. The maximum atomic E-state index is 12.7. The monoisotopic (exact) mass is 290 g/mol. The molecule has 0 fully saturated rings. The number of benzene rings is 2. The van der Waals surface area contributed by atoms with Gasteiger partial charge in [0, 0.05) is 11.5 Å². The van der Waals surface area contributed by atoms with E-state index in [4.69, 9.17) is 5.11 Å². The van der Waals surface area contributed by atoms with Gasteiger partial charge in [-0.05, 0) is 23.3 Å². The summed E-state index contributed by atoms with van der Waals surface area (Å²) in [6.07, 6.45) is -4.51. The first kappa shape index (κ1) is 14.7. The van der Waals surface area contributed by atoms with Gasteiger partial charge >= 0.3 is 12.1 Å². The van der Waals surface area contributed by atoms with Crippen LogP contribution in [0.4, 0.5) is 13.2 Å². The predicted octanol–water partition coefficient (Wildman–Crippen LogP) is 3.81. The normalized spacial score (nSPS) is 10.6. The molecule has 1 N–H and O–H groups in total. The first-order chi connectivity index (χ1) is 9.88. The Bertz CT molecular complexity index is 723. The molecule has 0 saturated carbocycles. The Balaban J connectivity index is 2.61. The molecule has 21 heavy (non-hydrogen) atoms. The van der Waals surface area contributed by atoms with Crippen LogP contribution in [0, 0.1) is 11.8 Å². The molecule has 0 amide bonds. The Morgan fingerprint density at radius 1 is 1.05 bits per heavy atom. The van der Waals surface area contributed by atoms with Crippen molar-refractivity contribution in [2.45, 2.75) is 6.18 Å². The summed E-state index contributed by atoms with van der Waals surface area (Å²) in [5.41, 5.74) is 0.286. The van der Waals surface area contributed by atoms with Gasteiger partial charge in [0.05, 0.1) is 5.56 Å². The molecule has 0 bridgehead atoms. The Hall–Kier alpha value is -2.74. The lowest BCUT2D eigenvalue weighted by molar-refractivity contribution is -0.137. The van der Waals surface area contributed by atoms with Gasteiger partial charge < -0.3 is 5.11 Å². The average Bonchev–Trinajstić information content (AvgIpc) is 2.44. The first-order valence-electron chi connectivity index (χ1n) is 5.89. The fourth-order valence-electron chi connectivity index (χ4n) is 1.81. The van der Waals surface area contributed by atoms with Crippen LogP contribution in [0.1, 0.15) is 11.1 Å². The maximum Gasteiger partial charge on any atom is 0.416 e. The van der Waals surface area contributed by atoms with Crippen LogP contribution in [0.3, 0.4) is 0 Å². The molecule has 2 rings (SSSR count). The fraction of sp³-hybridized carbons (Fsp3) is 0.0625. The third-order valence-corrected chi connectivity index (χ3v) is 2.74. The summed E-state index contributed by atoms with van der Waals surface area (Å²) < 4.78 is 38.2. The molecule has 2 nitrogen and oxygen atoms in total. The third-order valence-electron chi connectivity index (χ3n) is 2.74. The van der Waals surface area contributed by atoms with Gasteiger partial charge in [-0.1, -0.05) is 42.3 Å². The fourth-order valence-corrected chi connectivity index (χ4v) is 1.81. The lowest BCUT2D eigenvalue weighted by Crippen LogP contribution is -2.05. The summed E-state index contributed by atoms with van der Waals surface area (Å²) in [7, 11) is 0. The second-order valence-corrected chi connectivity index (χ2v) is 4.18. The molecule has 0 aromatic heterocycles. The standard InChI is InChI=1S/C16H9F3O2/c17-16(18,19)13-7-8-14(11-4-2-1-3-5-11)12(10-13)6-9-15(20)21/h1-5,7-8,10H,(H,20,21). The van der Waals surface area contributed by atoms with Crippen molar-refractivity contribution in [3.63, 3.8) is 0 Å². The summed E-state index contributed by atoms with van der Waals surface area (Å²) in [5, 5.41) is 8.57. The molecule has 0 heterocycles. The topological polar surface area (TPSA) is 37.3 Å². The molecule has 5 heteroatoms. The SMILES string of the molecule is O=C(O)C#Cc1cc(C(F)(F)F)ccc1-c1ccccc1. The predicted molar refractivity (Wildman–Crippen MR) is 71.4 cm³/mol. The van der Waals surface area contributed by atoms with Crippen molar-refractivity contribution >= 4 is 5.97 Å². The van der Waals surface area contributed by atoms with Crippen molar-refractivity contribution < 1.29 is 23.1 Å². The van der Waals surface area contributed by atoms with E-state index in [1.54, 1.807) is 30.3 Å². The van der Waals surface area contributed by atoms with Crippen LogP contribution in [0.2, 0.25) is 0 Å². The van der Waals surface area contributed by atoms with Crippen LogP contribution in [0.25, 0.3) is 11.1 Å². The van der Waals surface area contributed by atoms with Crippen molar-refractivity contribution in [2.24, 2.45) is 0 Å². The second kappa shape index (κ2) is 5.71. The molecular formula is C16H9F3O2. The average molecular weight is 290 g/mol. The van der Waals surface area contributed by atoms with Gasteiger partial charge in [0.25, 0.3) is 0 Å². The van der Waals surface area contributed by atoms with Gasteiger partial charge in [0.2, 0.25) is 0 Å². The summed E-state index contributed by atoms with van der Waals surface area (Å²) >= 11 is 0. The molecular weight excluding hydrogens is 281 g/mol. The van der Waals surface area contributed by atoms with E-state index in [0.29, 0.717) is 11.1 Å². The number of carbonyl (C=O) groups is 1. The Labute approximate surface area is 118 Å². The van der Waals surface area contributed by atoms with E-state index in [2.05, 4.69) is 5.92 Å². The number of hydrogen-bond acceptors (Lipinski definition) is 1. The van der Waals surface area contributed by atoms with Gasteiger partial charge in [-0.25, -0.2) is 4.79 Å². The van der Waals surface area contributed by atoms with Crippen LogP contribution >= 0.6 is 0 Å². The molecule has 2 aromatic rings. The minimum absolute atomic E-state index is 0.0263. The molecule has 0 aliphatic carbocycles. The zero-order chi connectivity index (χ0) is 15.5. The van der Waals surface area contributed by atoms with E-state index < -0.39 is 17.7 Å². The van der Waals surface area contributed by atoms with Crippen molar-refractivity contribution in [1.82, 2.24) is 0 Å². The minimum Gasteiger partial charge on any atom is -0.472 e. The highest BCUT2D eigenvalue weighted by atomic mass is 19.4. The number of carboxylic acid groups (broad SMARTS) is 1. The van der Waals surface area contributed by atoms with Gasteiger partial charge in [-0.2, -0.15) is 13.2 Å². The molecule has 0 radical (unpaired) electrons. The van der Waals surface area contributed by atoms with Gasteiger partial charge in [0.1, 0.15) is 0 Å². The molecule has 0 spiro atoms. The number of hydrogen-bond donors (Lipinski definition) is 1. The third kappa shape index (κ3) is 3.63. The Morgan fingerprint density at radius 2 is 1.71 bits per heavy atom. The molecule has 0 aliphatic heterocycles. The number of carboxylic acids is 1. The highest BCUT2D eigenvalue weighted by Gasteiger charge is 2.30. The summed E-state index contributed by atoms with van der Waals surface area (Å²) in [4.78, 5) is 10.5. The van der Waals surface area contributed by atoms with Crippen molar-refractivity contribution in [3.05, 3.63) is 59.7 Å². The van der Waals surface area contributed by atoms with E-state index >= 15 is 0 Å². The van der Waals surface area contributed by atoms with Crippen molar-refractivity contribution in [2.75, 3.05) is 0 Å². The Morgan fingerprint density at radius 3 is 2.29 bits per heavy atom. The lowest BCUT2D eigenvalue weighted by atomic mass is 9.97. The molecule has 106 valence electrons. The van der Waals surface area contributed by atoms with Gasteiger partial charge in [0.15, 0.2) is 0 Å². The van der Waals surface area contributed by atoms with Crippen LogP contribution in [-0.2, 0) is 11.0 Å². The van der Waals surface area contributed by atoms with E-state index in [9.17, 15) is 18.0 Å². The Kier molecular flexibility index (Phi) is 3.99. The lowest BCUT2D eigenvalue weighted by Gasteiger charge is -2.10. The number of alkyl halides is 3. The molecule has 0 aliphatic rings. The molecule has 0 atom stereocenters. The summed E-state index contributed by atoms with van der Waals surface area (Å²) in [5.74, 6) is 2.73.